The van der Waals surface area contributed by atoms with Crippen LogP contribution in [0.3, 0.4) is 0 Å². The largest absolute Gasteiger partial charge is 0.247 e. The van der Waals surface area contributed by atoms with Crippen molar-refractivity contribution in [2.75, 3.05) is 5.75 Å². The summed E-state index contributed by atoms with van der Waals surface area (Å²) in [5, 5.41) is 1.25. The van der Waals surface area contributed by atoms with Crippen LogP contribution in [0, 0.1) is 0 Å². The summed E-state index contributed by atoms with van der Waals surface area (Å²) in [5.41, 5.74) is 1.07. The van der Waals surface area contributed by atoms with E-state index in [9.17, 15) is 0 Å². The number of thioether (sulfide) groups is 1. The third-order valence-corrected chi connectivity index (χ3v) is 2.70. The third kappa shape index (κ3) is 8.99. The first kappa shape index (κ1) is 16.2. The van der Waals surface area contributed by atoms with E-state index >= 15 is 0 Å². The Balaban J connectivity index is 0.000000770. The van der Waals surface area contributed by atoms with E-state index in [0.29, 0.717) is 0 Å². The third-order valence-electron chi connectivity index (χ3n) is 1.78. The molecule has 0 atom stereocenters. The predicted octanol–water partition coefficient (Wildman–Crippen LogP) is 5.69. The van der Waals surface area contributed by atoms with Crippen molar-refractivity contribution >= 4 is 22.5 Å². The molecule has 0 aliphatic heterocycles. The number of para-hydroxylation sites is 1. The molecule has 0 radical (unpaired) electrons. The first-order valence-corrected chi connectivity index (χ1v) is 7.52. The van der Waals surface area contributed by atoms with Gasteiger partial charge in [-0.3, -0.25) is 0 Å². The minimum Gasteiger partial charge on any atom is -0.247 e. The minimum atomic E-state index is 1.07. The summed E-state index contributed by atoms with van der Waals surface area (Å²) in [6.07, 6.45) is 3.51. The van der Waals surface area contributed by atoms with Gasteiger partial charge in [0.2, 0.25) is 0 Å². The van der Waals surface area contributed by atoms with Crippen LogP contribution in [-0.4, -0.2) is 10.8 Å². The van der Waals surface area contributed by atoms with E-state index in [1.54, 1.807) is 0 Å². The van der Waals surface area contributed by atoms with Crippen molar-refractivity contribution in [2.45, 2.75) is 47.0 Å². The summed E-state index contributed by atoms with van der Waals surface area (Å²) in [7, 11) is 0. The highest BCUT2D eigenvalue weighted by molar-refractivity contribution is 8.13. The fourth-order valence-electron chi connectivity index (χ4n) is 1.19. The van der Waals surface area contributed by atoms with E-state index < -0.39 is 0 Å². The minimum absolute atomic E-state index is 1.07. The van der Waals surface area contributed by atoms with Gasteiger partial charge in [0, 0.05) is 0 Å². The van der Waals surface area contributed by atoms with Crippen molar-refractivity contribution in [1.29, 1.82) is 0 Å². The maximum absolute atomic E-state index is 4.62. The second kappa shape index (κ2) is 11.7. The van der Waals surface area contributed by atoms with E-state index in [2.05, 4.69) is 32.7 Å². The molecule has 0 fully saturated rings. The Bertz CT molecular complexity index is 285. The average Bonchev–Trinajstić information content (AvgIpc) is 2.32. The molecular formula is C15H25NS. The molecule has 0 aromatic heterocycles. The van der Waals surface area contributed by atoms with Gasteiger partial charge in [-0.1, -0.05) is 58.7 Å². The average molecular weight is 251 g/mol. The summed E-state index contributed by atoms with van der Waals surface area (Å²) in [6, 6.07) is 10.2. The Hall–Kier alpha value is -0.760. The molecule has 1 rings (SSSR count). The fourth-order valence-corrected chi connectivity index (χ4v) is 2.04. The molecule has 17 heavy (non-hydrogen) atoms. The van der Waals surface area contributed by atoms with Crippen LogP contribution in [0.25, 0.3) is 0 Å². The summed E-state index contributed by atoms with van der Waals surface area (Å²) in [4.78, 5) is 4.62. The molecule has 0 bridgehead atoms. The number of rotatable bonds is 4. The van der Waals surface area contributed by atoms with Crippen molar-refractivity contribution in [3.8, 4) is 0 Å². The monoisotopic (exact) mass is 251 g/mol. The summed E-state index contributed by atoms with van der Waals surface area (Å²) in [6.45, 7) is 8.61. The SMILES string of the molecule is CCC.CCCC(=Nc1ccccc1)SCC. The molecule has 0 unspecified atom stereocenters. The summed E-state index contributed by atoms with van der Waals surface area (Å²) in [5.74, 6) is 1.10. The van der Waals surface area contributed by atoms with Crippen molar-refractivity contribution in [1.82, 2.24) is 0 Å². The lowest BCUT2D eigenvalue weighted by atomic mass is 10.3. The van der Waals surface area contributed by atoms with Crippen LogP contribution in [0.4, 0.5) is 5.69 Å². The number of benzene rings is 1. The number of hydrogen-bond acceptors (Lipinski definition) is 2. The molecule has 1 nitrogen and oxygen atoms in total. The lowest BCUT2D eigenvalue weighted by molar-refractivity contribution is 1.00. The number of hydrogen-bond donors (Lipinski definition) is 0. The van der Waals surface area contributed by atoms with Crippen molar-refractivity contribution in [2.24, 2.45) is 4.99 Å². The molecule has 0 amide bonds. The smallest absolute Gasteiger partial charge is 0.0738 e. The normalized spacial score (nSPS) is 10.7. The molecule has 2 heteroatoms. The Morgan fingerprint density at radius 1 is 1.06 bits per heavy atom. The van der Waals surface area contributed by atoms with Gasteiger partial charge in [0.1, 0.15) is 0 Å². The summed E-state index contributed by atoms with van der Waals surface area (Å²) < 4.78 is 0. The zero-order chi connectivity index (χ0) is 12.9. The molecule has 96 valence electrons. The Labute approximate surface area is 111 Å². The van der Waals surface area contributed by atoms with Crippen LogP contribution < -0.4 is 0 Å². The maximum atomic E-state index is 4.62. The molecule has 0 saturated heterocycles. The van der Waals surface area contributed by atoms with Crippen LogP contribution in [-0.2, 0) is 0 Å². The molecule has 1 aromatic carbocycles. The first-order valence-electron chi connectivity index (χ1n) is 6.53. The highest BCUT2D eigenvalue weighted by atomic mass is 32.2. The Morgan fingerprint density at radius 3 is 2.12 bits per heavy atom. The van der Waals surface area contributed by atoms with E-state index in [1.807, 2.05) is 42.1 Å². The second-order valence-corrected chi connectivity index (χ2v) is 5.07. The standard InChI is InChI=1S/C12H17NS.C3H8/c1-3-8-12(14-4-2)13-11-9-6-5-7-10-11;1-3-2/h5-7,9-10H,3-4,8H2,1-2H3;3H2,1-2H3. The van der Waals surface area contributed by atoms with Gasteiger partial charge in [0.25, 0.3) is 0 Å². The van der Waals surface area contributed by atoms with Crippen LogP contribution in [0.15, 0.2) is 35.3 Å². The number of aliphatic imine (C=N–C) groups is 1. The predicted molar refractivity (Wildman–Crippen MR) is 82.5 cm³/mol. The fraction of sp³-hybridized carbons (Fsp3) is 0.533. The highest BCUT2D eigenvalue weighted by Crippen LogP contribution is 2.17. The Morgan fingerprint density at radius 2 is 1.65 bits per heavy atom. The molecule has 0 aliphatic carbocycles. The van der Waals surface area contributed by atoms with Gasteiger partial charge in [-0.15, -0.1) is 11.8 Å². The molecule has 0 N–H and O–H groups in total. The molecule has 0 aliphatic rings. The topological polar surface area (TPSA) is 12.4 Å². The molecule has 0 spiro atoms. The zero-order valence-electron chi connectivity index (χ0n) is 11.6. The van der Waals surface area contributed by atoms with E-state index in [4.69, 9.17) is 0 Å². The molecule has 1 aromatic rings. The van der Waals surface area contributed by atoms with Crippen LogP contribution in [0.2, 0.25) is 0 Å². The first-order chi connectivity index (χ1) is 8.28. The van der Waals surface area contributed by atoms with Crippen LogP contribution in [0.5, 0.6) is 0 Å². The van der Waals surface area contributed by atoms with Gasteiger partial charge in [0.05, 0.1) is 10.7 Å². The number of nitrogens with zero attached hydrogens (tertiary/aromatic N) is 1. The second-order valence-electron chi connectivity index (χ2n) is 3.73. The zero-order valence-corrected chi connectivity index (χ0v) is 12.4. The van der Waals surface area contributed by atoms with E-state index in [1.165, 1.54) is 17.9 Å². The van der Waals surface area contributed by atoms with E-state index in [-0.39, 0.29) is 0 Å². The van der Waals surface area contributed by atoms with Crippen molar-refractivity contribution in [3.63, 3.8) is 0 Å². The lowest BCUT2D eigenvalue weighted by Gasteiger charge is -2.02. The molecule has 0 heterocycles. The van der Waals surface area contributed by atoms with Gasteiger partial charge in [-0.2, -0.15) is 0 Å². The maximum Gasteiger partial charge on any atom is 0.0738 e. The van der Waals surface area contributed by atoms with Gasteiger partial charge in [-0.25, -0.2) is 4.99 Å². The van der Waals surface area contributed by atoms with Gasteiger partial charge >= 0.3 is 0 Å². The van der Waals surface area contributed by atoms with Gasteiger partial charge in [-0.05, 0) is 24.3 Å². The quantitative estimate of drug-likeness (QED) is 0.495. The molecular weight excluding hydrogens is 226 g/mol. The van der Waals surface area contributed by atoms with Crippen LogP contribution in [0.1, 0.15) is 47.0 Å². The van der Waals surface area contributed by atoms with Crippen molar-refractivity contribution in [3.05, 3.63) is 30.3 Å². The van der Waals surface area contributed by atoms with Crippen molar-refractivity contribution < 1.29 is 0 Å². The molecule has 0 saturated carbocycles. The van der Waals surface area contributed by atoms with Gasteiger partial charge < -0.3 is 0 Å². The van der Waals surface area contributed by atoms with Gasteiger partial charge in [0.15, 0.2) is 0 Å². The van der Waals surface area contributed by atoms with E-state index in [0.717, 1.165) is 17.9 Å². The highest BCUT2D eigenvalue weighted by Gasteiger charge is 1.97. The van der Waals surface area contributed by atoms with Crippen LogP contribution >= 0.6 is 11.8 Å². The lowest BCUT2D eigenvalue weighted by Crippen LogP contribution is -1.91. The Kier molecular flexibility index (Phi) is 11.2. The summed E-state index contributed by atoms with van der Waals surface area (Å²) >= 11 is 1.85.